The van der Waals surface area contributed by atoms with Gasteiger partial charge in [0.05, 0.1) is 5.56 Å². The third kappa shape index (κ3) is 2.83. The fraction of sp³-hybridized carbons (Fsp3) is 0.130. The molecule has 7 nitrogen and oxygen atoms in total. The summed E-state index contributed by atoms with van der Waals surface area (Å²) < 4.78 is 11.9. The summed E-state index contributed by atoms with van der Waals surface area (Å²) in [5.41, 5.74) is 0.865. The first-order valence-corrected chi connectivity index (χ1v) is 10.2. The van der Waals surface area contributed by atoms with Gasteiger partial charge in [-0.25, -0.2) is 4.79 Å². The number of amides is 1. The van der Waals surface area contributed by atoms with E-state index in [-0.39, 0.29) is 23.0 Å². The van der Waals surface area contributed by atoms with E-state index in [2.05, 4.69) is 17.9 Å². The average Bonchev–Trinajstić information content (AvgIpc) is 3.04. The first kappa shape index (κ1) is 19.3. The lowest BCUT2D eigenvalue weighted by Gasteiger charge is -2.36. The second kappa shape index (κ2) is 6.95. The Morgan fingerprint density at radius 1 is 0.935 bits per heavy atom. The number of nitrogens with one attached hydrogen (secondary N) is 1. The van der Waals surface area contributed by atoms with Crippen molar-refractivity contribution in [3.05, 3.63) is 82.4 Å². The van der Waals surface area contributed by atoms with Gasteiger partial charge in [0, 0.05) is 46.7 Å². The van der Waals surface area contributed by atoms with Crippen molar-refractivity contribution in [2.24, 2.45) is 0 Å². The number of benzene rings is 3. The molecule has 0 aromatic heterocycles. The molecule has 1 spiro atoms. The molecule has 8 heteroatoms. The van der Waals surface area contributed by atoms with Crippen LogP contribution < -0.4 is 10.1 Å². The third-order valence-electron chi connectivity index (χ3n) is 5.43. The van der Waals surface area contributed by atoms with Crippen molar-refractivity contribution in [3.8, 4) is 23.0 Å². The van der Waals surface area contributed by atoms with Crippen LogP contribution in [0.5, 0.6) is 23.0 Å². The standard InChI is InChI=1S/C23H17NO6S/c25-13-2-5-17-19(10-13)29-20-11-14(26)3-6-18(20)23(17)16-4-1-12(21(27)24-7-8-31)9-15(16)22(28)30-23/h1-6,9-11,25-26,31H,7-8H2,(H,24,27). The fourth-order valence-electron chi connectivity index (χ4n) is 4.12. The van der Waals surface area contributed by atoms with E-state index in [1.54, 1.807) is 24.3 Å². The Morgan fingerprint density at radius 2 is 1.55 bits per heavy atom. The molecule has 1 amide bonds. The predicted octanol–water partition coefficient (Wildman–Crippen LogP) is 3.33. The highest BCUT2D eigenvalue weighted by molar-refractivity contribution is 7.80. The fourth-order valence-corrected chi connectivity index (χ4v) is 4.23. The number of hydrogen-bond donors (Lipinski definition) is 4. The zero-order valence-corrected chi connectivity index (χ0v) is 17.0. The molecule has 3 aromatic carbocycles. The number of phenols is 2. The van der Waals surface area contributed by atoms with Gasteiger partial charge in [0.2, 0.25) is 0 Å². The monoisotopic (exact) mass is 435 g/mol. The Balaban J connectivity index is 1.73. The van der Waals surface area contributed by atoms with Crippen LogP contribution in [0.15, 0.2) is 54.6 Å². The molecule has 31 heavy (non-hydrogen) atoms. The molecule has 0 fully saturated rings. The molecule has 2 aliphatic rings. The lowest BCUT2D eigenvalue weighted by molar-refractivity contribution is 0.0224. The maximum absolute atomic E-state index is 13.0. The van der Waals surface area contributed by atoms with E-state index in [4.69, 9.17) is 9.47 Å². The lowest BCUT2D eigenvalue weighted by atomic mass is 9.77. The highest BCUT2D eigenvalue weighted by Crippen LogP contribution is 2.57. The van der Waals surface area contributed by atoms with Crippen LogP contribution in [-0.2, 0) is 10.3 Å². The summed E-state index contributed by atoms with van der Waals surface area (Å²) in [4.78, 5) is 25.4. The largest absolute Gasteiger partial charge is 0.508 e. The molecule has 0 saturated carbocycles. The second-order valence-corrected chi connectivity index (χ2v) is 7.72. The number of aromatic hydroxyl groups is 2. The molecular formula is C23H17NO6S. The van der Waals surface area contributed by atoms with Gasteiger partial charge in [-0.05, 0) is 36.4 Å². The van der Waals surface area contributed by atoms with Gasteiger partial charge in [0.1, 0.15) is 23.0 Å². The molecule has 2 heterocycles. The Morgan fingerprint density at radius 3 is 2.16 bits per heavy atom. The number of esters is 1. The average molecular weight is 435 g/mol. The minimum Gasteiger partial charge on any atom is -0.508 e. The van der Waals surface area contributed by atoms with Gasteiger partial charge in [0.25, 0.3) is 5.91 Å². The Kier molecular flexibility index (Phi) is 4.33. The second-order valence-electron chi connectivity index (χ2n) is 7.27. The van der Waals surface area contributed by atoms with Gasteiger partial charge in [-0.1, -0.05) is 6.07 Å². The molecular weight excluding hydrogens is 418 g/mol. The van der Waals surface area contributed by atoms with Crippen molar-refractivity contribution in [3.63, 3.8) is 0 Å². The predicted molar refractivity (Wildman–Crippen MR) is 114 cm³/mol. The normalized spacial score (nSPS) is 14.8. The number of rotatable bonds is 3. The van der Waals surface area contributed by atoms with Crippen LogP contribution in [-0.4, -0.2) is 34.4 Å². The Hall–Kier alpha value is -3.65. The van der Waals surface area contributed by atoms with Gasteiger partial charge >= 0.3 is 5.97 Å². The van der Waals surface area contributed by atoms with Crippen molar-refractivity contribution >= 4 is 24.5 Å². The van der Waals surface area contributed by atoms with Gasteiger partial charge < -0.3 is 25.0 Å². The van der Waals surface area contributed by atoms with Crippen LogP contribution in [0.2, 0.25) is 0 Å². The van der Waals surface area contributed by atoms with E-state index in [1.165, 1.54) is 30.3 Å². The number of carbonyl (C=O) groups is 2. The molecule has 3 aromatic rings. The zero-order valence-electron chi connectivity index (χ0n) is 16.1. The van der Waals surface area contributed by atoms with E-state index in [1.807, 2.05) is 0 Å². The highest BCUT2D eigenvalue weighted by atomic mass is 32.1. The Bertz CT molecular complexity index is 1200. The summed E-state index contributed by atoms with van der Waals surface area (Å²) in [6.07, 6.45) is 0. The van der Waals surface area contributed by atoms with Crippen LogP contribution in [0.4, 0.5) is 0 Å². The van der Waals surface area contributed by atoms with Crippen molar-refractivity contribution in [2.45, 2.75) is 5.60 Å². The summed E-state index contributed by atoms with van der Waals surface area (Å²) in [6, 6.07) is 13.9. The number of fused-ring (bicyclic) bond motifs is 6. The highest BCUT2D eigenvalue weighted by Gasteiger charge is 2.53. The maximum atomic E-state index is 13.0. The van der Waals surface area contributed by atoms with Crippen LogP contribution >= 0.6 is 12.6 Å². The molecule has 2 aliphatic heterocycles. The first-order chi connectivity index (χ1) is 14.9. The van der Waals surface area contributed by atoms with E-state index >= 15 is 0 Å². The number of phenolic OH excluding ortho intramolecular Hbond substituents is 2. The minimum absolute atomic E-state index is 0.0155. The van der Waals surface area contributed by atoms with Crippen LogP contribution in [0.3, 0.4) is 0 Å². The number of ether oxygens (including phenoxy) is 2. The van der Waals surface area contributed by atoms with Crippen molar-refractivity contribution in [1.82, 2.24) is 5.32 Å². The van der Waals surface area contributed by atoms with E-state index in [0.29, 0.717) is 46.1 Å². The molecule has 156 valence electrons. The zero-order chi connectivity index (χ0) is 21.8. The van der Waals surface area contributed by atoms with E-state index in [9.17, 15) is 19.8 Å². The third-order valence-corrected chi connectivity index (χ3v) is 5.66. The van der Waals surface area contributed by atoms with Gasteiger partial charge in [-0.2, -0.15) is 12.6 Å². The first-order valence-electron chi connectivity index (χ1n) is 9.56. The topological polar surface area (TPSA) is 105 Å². The maximum Gasteiger partial charge on any atom is 0.340 e. The molecule has 0 saturated heterocycles. The van der Waals surface area contributed by atoms with Crippen LogP contribution in [0, 0.1) is 0 Å². The number of thiol groups is 1. The SMILES string of the molecule is O=C(NCCS)c1ccc2c(c1)C(=O)OC21c2ccc(O)cc2Oc2cc(O)ccc21. The minimum atomic E-state index is -1.34. The van der Waals surface area contributed by atoms with E-state index < -0.39 is 11.6 Å². The van der Waals surface area contributed by atoms with Crippen LogP contribution in [0.1, 0.15) is 37.4 Å². The van der Waals surface area contributed by atoms with Gasteiger partial charge in [-0.3, -0.25) is 4.79 Å². The molecule has 3 N–H and O–H groups in total. The molecule has 0 aliphatic carbocycles. The quantitative estimate of drug-likeness (QED) is 0.372. The summed E-state index contributed by atoms with van der Waals surface area (Å²) in [6.45, 7) is 0.401. The summed E-state index contributed by atoms with van der Waals surface area (Å²) >= 11 is 4.08. The summed E-state index contributed by atoms with van der Waals surface area (Å²) in [5, 5.41) is 22.6. The molecule has 0 unspecified atom stereocenters. The molecule has 5 rings (SSSR count). The molecule has 0 atom stereocenters. The number of hydrogen-bond acceptors (Lipinski definition) is 7. The Labute approximate surface area is 182 Å². The van der Waals surface area contributed by atoms with Crippen molar-refractivity contribution in [1.29, 1.82) is 0 Å². The van der Waals surface area contributed by atoms with Gasteiger partial charge in [0.15, 0.2) is 5.60 Å². The van der Waals surface area contributed by atoms with E-state index in [0.717, 1.165) is 0 Å². The summed E-state index contributed by atoms with van der Waals surface area (Å²) in [5.74, 6) is 0.168. The van der Waals surface area contributed by atoms with Crippen LogP contribution in [0.25, 0.3) is 0 Å². The molecule has 0 radical (unpaired) electrons. The van der Waals surface area contributed by atoms with Crippen molar-refractivity contribution in [2.75, 3.05) is 12.3 Å². The molecule has 0 bridgehead atoms. The van der Waals surface area contributed by atoms with Crippen molar-refractivity contribution < 1.29 is 29.3 Å². The smallest absolute Gasteiger partial charge is 0.340 e. The lowest BCUT2D eigenvalue weighted by Crippen LogP contribution is -2.33. The summed E-state index contributed by atoms with van der Waals surface area (Å²) in [7, 11) is 0. The number of carbonyl (C=O) groups excluding carboxylic acids is 2. The van der Waals surface area contributed by atoms with Gasteiger partial charge in [-0.15, -0.1) is 0 Å².